The maximum Gasteiger partial charge on any atom is 0.410 e. The van der Waals surface area contributed by atoms with Gasteiger partial charge in [-0.1, -0.05) is 6.07 Å². The van der Waals surface area contributed by atoms with E-state index in [-0.39, 0.29) is 18.0 Å². The van der Waals surface area contributed by atoms with E-state index in [4.69, 9.17) is 4.74 Å². The van der Waals surface area contributed by atoms with E-state index in [0.29, 0.717) is 31.6 Å². The second-order valence-electron chi connectivity index (χ2n) is 7.29. The van der Waals surface area contributed by atoms with Crippen LogP contribution in [0.1, 0.15) is 44.1 Å². The Morgan fingerprint density at radius 3 is 2.64 bits per heavy atom. The molecular formula is C18H24N4O3. The van der Waals surface area contributed by atoms with Gasteiger partial charge in [0.15, 0.2) is 0 Å². The highest BCUT2D eigenvalue weighted by Gasteiger charge is 2.28. The van der Waals surface area contributed by atoms with Crippen LogP contribution in [0.3, 0.4) is 0 Å². The zero-order valence-electron chi connectivity index (χ0n) is 14.9. The Labute approximate surface area is 147 Å². The number of carbonyl (C=O) groups is 2. The average Bonchev–Trinajstić information content (AvgIpc) is 2.98. The van der Waals surface area contributed by atoms with Crippen molar-refractivity contribution in [3.8, 4) is 0 Å². The summed E-state index contributed by atoms with van der Waals surface area (Å²) in [5.41, 5.74) is 0.767. The molecule has 0 atom stereocenters. The minimum Gasteiger partial charge on any atom is -0.444 e. The summed E-state index contributed by atoms with van der Waals surface area (Å²) in [5, 5.41) is 3.04. The number of aromatic nitrogens is 2. The van der Waals surface area contributed by atoms with Crippen molar-refractivity contribution in [2.24, 2.45) is 0 Å². The zero-order valence-corrected chi connectivity index (χ0v) is 14.9. The van der Waals surface area contributed by atoms with E-state index in [1.807, 2.05) is 45.2 Å². The molecule has 7 nitrogen and oxygen atoms in total. The monoisotopic (exact) mass is 344 g/mol. The number of pyridine rings is 1. The van der Waals surface area contributed by atoms with E-state index in [2.05, 4.69) is 10.3 Å². The van der Waals surface area contributed by atoms with Gasteiger partial charge in [0.1, 0.15) is 16.9 Å². The summed E-state index contributed by atoms with van der Waals surface area (Å²) in [6, 6.07) is 5.65. The third-order valence-electron chi connectivity index (χ3n) is 4.13. The molecule has 3 rings (SSSR count). The molecule has 1 saturated heterocycles. The Bertz CT molecular complexity index is 770. The van der Waals surface area contributed by atoms with Crippen molar-refractivity contribution in [1.29, 1.82) is 0 Å². The number of carbonyl (C=O) groups excluding carboxylic acids is 2. The van der Waals surface area contributed by atoms with Crippen LogP contribution in [0, 0.1) is 0 Å². The maximum absolute atomic E-state index is 12.5. The van der Waals surface area contributed by atoms with Crippen molar-refractivity contribution < 1.29 is 14.3 Å². The van der Waals surface area contributed by atoms with Crippen LogP contribution in [0.2, 0.25) is 0 Å². The van der Waals surface area contributed by atoms with Crippen molar-refractivity contribution in [2.45, 2.75) is 45.3 Å². The highest BCUT2D eigenvalue weighted by atomic mass is 16.6. The summed E-state index contributed by atoms with van der Waals surface area (Å²) in [5.74, 6) is -0.144. The Morgan fingerprint density at radius 1 is 1.24 bits per heavy atom. The second kappa shape index (κ2) is 6.74. The van der Waals surface area contributed by atoms with Crippen molar-refractivity contribution in [2.75, 3.05) is 13.1 Å². The molecule has 2 amide bonds. The third kappa shape index (κ3) is 4.10. The fourth-order valence-electron chi connectivity index (χ4n) is 2.89. The van der Waals surface area contributed by atoms with Gasteiger partial charge in [-0.3, -0.25) is 9.20 Å². The molecule has 2 aromatic rings. The Balaban J connectivity index is 1.55. The van der Waals surface area contributed by atoms with Gasteiger partial charge in [-0.05, 0) is 45.7 Å². The van der Waals surface area contributed by atoms with Crippen LogP contribution in [0.15, 0.2) is 30.6 Å². The number of piperidine rings is 1. The summed E-state index contributed by atoms with van der Waals surface area (Å²) >= 11 is 0. The van der Waals surface area contributed by atoms with Gasteiger partial charge in [0.2, 0.25) is 0 Å². The fourth-order valence-corrected chi connectivity index (χ4v) is 2.89. The number of amides is 2. The predicted octanol–water partition coefficient (Wildman–Crippen LogP) is 2.46. The van der Waals surface area contributed by atoms with Crippen LogP contribution in [0.4, 0.5) is 4.79 Å². The van der Waals surface area contributed by atoms with Gasteiger partial charge in [-0.2, -0.15) is 0 Å². The normalized spacial score (nSPS) is 16.0. The average molecular weight is 344 g/mol. The number of fused-ring (bicyclic) bond motifs is 1. The number of rotatable bonds is 2. The Hall–Kier alpha value is -2.57. The van der Waals surface area contributed by atoms with Crippen molar-refractivity contribution in [3.05, 3.63) is 36.3 Å². The van der Waals surface area contributed by atoms with Gasteiger partial charge < -0.3 is 15.0 Å². The summed E-state index contributed by atoms with van der Waals surface area (Å²) < 4.78 is 7.16. The summed E-state index contributed by atoms with van der Waals surface area (Å²) in [7, 11) is 0. The predicted molar refractivity (Wildman–Crippen MR) is 93.5 cm³/mol. The molecule has 134 valence electrons. The smallest absolute Gasteiger partial charge is 0.410 e. The highest BCUT2D eigenvalue weighted by Crippen LogP contribution is 2.16. The number of imidazole rings is 1. The number of nitrogens with zero attached hydrogens (tertiary/aromatic N) is 3. The number of hydrogen-bond donors (Lipinski definition) is 1. The van der Waals surface area contributed by atoms with Gasteiger partial charge in [0.05, 0.1) is 6.20 Å². The van der Waals surface area contributed by atoms with Crippen LogP contribution in [0.5, 0.6) is 0 Å². The molecule has 0 radical (unpaired) electrons. The summed E-state index contributed by atoms with van der Waals surface area (Å²) in [4.78, 5) is 30.5. The number of likely N-dealkylation sites (tertiary alicyclic amines) is 1. The van der Waals surface area contributed by atoms with Crippen molar-refractivity contribution in [1.82, 2.24) is 19.6 Å². The molecule has 0 spiro atoms. The molecule has 0 saturated carbocycles. The number of nitrogens with one attached hydrogen (secondary N) is 1. The topological polar surface area (TPSA) is 75.9 Å². The van der Waals surface area contributed by atoms with Crippen LogP contribution in [-0.2, 0) is 4.74 Å². The second-order valence-corrected chi connectivity index (χ2v) is 7.29. The fraction of sp³-hybridized carbons (Fsp3) is 0.500. The van der Waals surface area contributed by atoms with Crippen molar-refractivity contribution >= 4 is 17.6 Å². The first-order valence-electron chi connectivity index (χ1n) is 8.54. The van der Waals surface area contributed by atoms with E-state index in [9.17, 15) is 9.59 Å². The Kier molecular flexibility index (Phi) is 4.65. The maximum atomic E-state index is 12.5. The molecule has 7 heteroatoms. The van der Waals surface area contributed by atoms with Crippen LogP contribution in [-0.4, -0.2) is 51.0 Å². The van der Waals surface area contributed by atoms with Gasteiger partial charge in [0, 0.05) is 25.3 Å². The lowest BCUT2D eigenvalue weighted by Gasteiger charge is -2.33. The minimum absolute atomic E-state index is 0.0421. The van der Waals surface area contributed by atoms with Gasteiger partial charge >= 0.3 is 6.09 Å². The van der Waals surface area contributed by atoms with Crippen LogP contribution >= 0.6 is 0 Å². The molecule has 3 heterocycles. The Morgan fingerprint density at radius 2 is 1.96 bits per heavy atom. The van der Waals surface area contributed by atoms with Crippen LogP contribution < -0.4 is 5.32 Å². The molecule has 0 bridgehead atoms. The molecule has 1 aliphatic heterocycles. The van der Waals surface area contributed by atoms with E-state index in [0.717, 1.165) is 5.65 Å². The van der Waals surface area contributed by atoms with Gasteiger partial charge in [-0.25, -0.2) is 9.78 Å². The number of hydrogen-bond acceptors (Lipinski definition) is 4. The van der Waals surface area contributed by atoms with E-state index in [1.165, 1.54) is 0 Å². The standard InChI is InChI=1S/C18H24N4O3/c1-18(2,3)25-17(24)21-10-7-13(8-11-21)20-16(23)14-12-19-15-6-4-5-9-22(14)15/h4-6,9,12-13H,7-8,10-11H2,1-3H3,(H,20,23). The zero-order chi connectivity index (χ0) is 18.0. The SMILES string of the molecule is CC(C)(C)OC(=O)N1CCC(NC(=O)c2cnc3ccccn23)CC1. The van der Waals surface area contributed by atoms with Crippen molar-refractivity contribution in [3.63, 3.8) is 0 Å². The largest absolute Gasteiger partial charge is 0.444 e. The molecule has 25 heavy (non-hydrogen) atoms. The minimum atomic E-state index is -0.495. The van der Waals surface area contributed by atoms with E-state index in [1.54, 1.807) is 15.5 Å². The molecule has 1 fully saturated rings. The van der Waals surface area contributed by atoms with Gasteiger partial charge in [0.25, 0.3) is 5.91 Å². The molecular weight excluding hydrogens is 320 g/mol. The van der Waals surface area contributed by atoms with Gasteiger partial charge in [-0.15, -0.1) is 0 Å². The lowest BCUT2D eigenvalue weighted by atomic mass is 10.1. The highest BCUT2D eigenvalue weighted by molar-refractivity contribution is 5.93. The summed E-state index contributed by atoms with van der Waals surface area (Å²) in [6.45, 7) is 6.72. The molecule has 1 aliphatic rings. The van der Waals surface area contributed by atoms with E-state index >= 15 is 0 Å². The third-order valence-corrected chi connectivity index (χ3v) is 4.13. The first-order valence-corrected chi connectivity index (χ1v) is 8.54. The molecule has 0 aliphatic carbocycles. The lowest BCUT2D eigenvalue weighted by Crippen LogP contribution is -2.47. The van der Waals surface area contributed by atoms with E-state index < -0.39 is 5.60 Å². The molecule has 0 unspecified atom stereocenters. The van der Waals surface area contributed by atoms with Crippen LogP contribution in [0.25, 0.3) is 5.65 Å². The lowest BCUT2D eigenvalue weighted by molar-refractivity contribution is 0.0199. The first-order chi connectivity index (χ1) is 11.8. The summed E-state index contributed by atoms with van der Waals surface area (Å²) in [6.07, 6.45) is 4.53. The first kappa shape index (κ1) is 17.3. The quantitative estimate of drug-likeness (QED) is 0.908. The number of ether oxygens (including phenoxy) is 1. The molecule has 2 aromatic heterocycles. The molecule has 0 aromatic carbocycles. The molecule has 1 N–H and O–H groups in total.